The second-order valence-corrected chi connectivity index (χ2v) is 6.36. The summed E-state index contributed by atoms with van der Waals surface area (Å²) in [5, 5.41) is 7.72. The second-order valence-electron chi connectivity index (χ2n) is 6.36. The molecule has 2 nitrogen and oxygen atoms in total. The first-order chi connectivity index (χ1) is 12.2. The summed E-state index contributed by atoms with van der Waals surface area (Å²) >= 11 is 0. The minimum atomic E-state index is -0.0522. The SMILES string of the molecule is C[C@H](NC(=O)c1ccc2ccccc2c1)c1ccc2ccccc2c1. The van der Waals surface area contributed by atoms with Gasteiger partial charge in [0.15, 0.2) is 0 Å². The van der Waals surface area contributed by atoms with Crippen LogP contribution < -0.4 is 5.32 Å². The smallest absolute Gasteiger partial charge is 0.251 e. The zero-order chi connectivity index (χ0) is 17.2. The van der Waals surface area contributed by atoms with Crippen LogP contribution in [0, 0.1) is 0 Å². The van der Waals surface area contributed by atoms with Crippen molar-refractivity contribution in [2.45, 2.75) is 13.0 Å². The monoisotopic (exact) mass is 325 g/mol. The van der Waals surface area contributed by atoms with Crippen molar-refractivity contribution in [2.24, 2.45) is 0 Å². The van der Waals surface area contributed by atoms with Gasteiger partial charge < -0.3 is 5.32 Å². The van der Waals surface area contributed by atoms with Crippen molar-refractivity contribution in [2.75, 3.05) is 0 Å². The Bertz CT molecular complexity index is 1070. The third-order valence-corrected chi connectivity index (χ3v) is 4.63. The van der Waals surface area contributed by atoms with E-state index < -0.39 is 0 Å². The molecule has 0 aliphatic heterocycles. The van der Waals surface area contributed by atoms with E-state index in [0.717, 1.165) is 16.3 Å². The van der Waals surface area contributed by atoms with E-state index in [1.807, 2.05) is 55.5 Å². The topological polar surface area (TPSA) is 29.1 Å². The predicted octanol–water partition coefficient (Wildman–Crippen LogP) is 5.48. The van der Waals surface area contributed by atoms with Crippen molar-refractivity contribution in [1.29, 1.82) is 0 Å². The van der Waals surface area contributed by atoms with E-state index in [4.69, 9.17) is 0 Å². The molecule has 4 aromatic rings. The summed E-state index contributed by atoms with van der Waals surface area (Å²) in [7, 11) is 0. The molecule has 0 bridgehead atoms. The Labute approximate surface area is 147 Å². The maximum atomic E-state index is 12.6. The molecule has 0 saturated carbocycles. The summed E-state index contributed by atoms with van der Waals surface area (Å²) in [5.74, 6) is -0.0496. The zero-order valence-electron chi connectivity index (χ0n) is 14.1. The van der Waals surface area contributed by atoms with Gasteiger partial charge >= 0.3 is 0 Å². The summed E-state index contributed by atoms with van der Waals surface area (Å²) in [6.45, 7) is 2.02. The van der Waals surface area contributed by atoms with Gasteiger partial charge in [0.05, 0.1) is 6.04 Å². The Morgan fingerprint density at radius 3 is 1.96 bits per heavy atom. The van der Waals surface area contributed by atoms with Crippen LogP contribution >= 0.6 is 0 Å². The number of hydrogen-bond donors (Lipinski definition) is 1. The molecule has 4 rings (SSSR count). The lowest BCUT2D eigenvalue weighted by molar-refractivity contribution is 0.0940. The minimum absolute atomic E-state index is 0.0496. The number of rotatable bonds is 3. The van der Waals surface area contributed by atoms with Crippen LogP contribution in [0.2, 0.25) is 0 Å². The Hall–Kier alpha value is -3.13. The molecule has 0 heterocycles. The molecular weight excluding hydrogens is 306 g/mol. The highest BCUT2D eigenvalue weighted by molar-refractivity contribution is 5.98. The van der Waals surface area contributed by atoms with Gasteiger partial charge in [-0.3, -0.25) is 4.79 Å². The molecule has 0 saturated heterocycles. The van der Waals surface area contributed by atoms with Gasteiger partial charge in [-0.25, -0.2) is 0 Å². The summed E-state index contributed by atoms with van der Waals surface area (Å²) in [4.78, 5) is 12.6. The summed E-state index contributed by atoms with van der Waals surface area (Å²) in [6, 6.07) is 28.4. The average Bonchev–Trinajstić information content (AvgIpc) is 2.67. The number of amides is 1. The minimum Gasteiger partial charge on any atom is -0.346 e. The lowest BCUT2D eigenvalue weighted by atomic mass is 10.0. The van der Waals surface area contributed by atoms with Crippen molar-refractivity contribution >= 4 is 27.5 Å². The van der Waals surface area contributed by atoms with Gasteiger partial charge in [-0.1, -0.05) is 66.7 Å². The van der Waals surface area contributed by atoms with Gasteiger partial charge in [0.25, 0.3) is 5.91 Å². The fraction of sp³-hybridized carbons (Fsp3) is 0.0870. The van der Waals surface area contributed by atoms with E-state index in [1.165, 1.54) is 10.8 Å². The van der Waals surface area contributed by atoms with Gasteiger partial charge in [-0.2, -0.15) is 0 Å². The fourth-order valence-electron chi connectivity index (χ4n) is 3.17. The van der Waals surface area contributed by atoms with Crippen LogP contribution in [0.5, 0.6) is 0 Å². The van der Waals surface area contributed by atoms with Crippen LogP contribution in [0.1, 0.15) is 28.9 Å². The number of fused-ring (bicyclic) bond motifs is 2. The largest absolute Gasteiger partial charge is 0.346 e. The molecule has 0 radical (unpaired) electrons. The highest BCUT2D eigenvalue weighted by Gasteiger charge is 2.12. The van der Waals surface area contributed by atoms with Crippen LogP contribution in [0.25, 0.3) is 21.5 Å². The molecule has 1 amide bonds. The lowest BCUT2D eigenvalue weighted by Crippen LogP contribution is -2.26. The number of nitrogens with one attached hydrogen (secondary N) is 1. The summed E-state index contributed by atoms with van der Waals surface area (Å²) in [5.41, 5.74) is 1.79. The van der Waals surface area contributed by atoms with Crippen molar-refractivity contribution in [1.82, 2.24) is 5.32 Å². The Kier molecular flexibility index (Phi) is 3.95. The van der Waals surface area contributed by atoms with Crippen LogP contribution in [0.3, 0.4) is 0 Å². The van der Waals surface area contributed by atoms with Gasteiger partial charge in [-0.05, 0) is 52.2 Å². The van der Waals surface area contributed by atoms with Crippen molar-refractivity contribution in [3.05, 3.63) is 96.1 Å². The van der Waals surface area contributed by atoms with Gasteiger partial charge in [-0.15, -0.1) is 0 Å². The van der Waals surface area contributed by atoms with Crippen molar-refractivity contribution in [3.8, 4) is 0 Å². The van der Waals surface area contributed by atoms with Crippen LogP contribution in [-0.4, -0.2) is 5.91 Å². The molecule has 0 aliphatic rings. The lowest BCUT2D eigenvalue weighted by Gasteiger charge is -2.15. The average molecular weight is 325 g/mol. The number of carbonyl (C=O) groups is 1. The van der Waals surface area contributed by atoms with Crippen molar-refractivity contribution in [3.63, 3.8) is 0 Å². The van der Waals surface area contributed by atoms with E-state index >= 15 is 0 Å². The molecule has 1 N–H and O–H groups in total. The molecule has 1 atom stereocenters. The first-order valence-electron chi connectivity index (χ1n) is 8.49. The van der Waals surface area contributed by atoms with Crippen LogP contribution in [0.4, 0.5) is 0 Å². The molecule has 122 valence electrons. The van der Waals surface area contributed by atoms with Gasteiger partial charge in [0.1, 0.15) is 0 Å². The first kappa shape index (κ1) is 15.4. The third kappa shape index (κ3) is 3.11. The normalized spacial score (nSPS) is 12.2. The molecule has 2 heteroatoms. The molecule has 0 fully saturated rings. The molecule has 0 aromatic heterocycles. The number of benzene rings is 4. The highest BCUT2D eigenvalue weighted by atomic mass is 16.1. The van der Waals surface area contributed by atoms with E-state index in [9.17, 15) is 4.79 Å². The fourth-order valence-corrected chi connectivity index (χ4v) is 3.17. The molecule has 0 aliphatic carbocycles. The molecule has 25 heavy (non-hydrogen) atoms. The van der Waals surface area contributed by atoms with E-state index in [-0.39, 0.29) is 11.9 Å². The maximum absolute atomic E-state index is 12.6. The Morgan fingerprint density at radius 2 is 1.28 bits per heavy atom. The molecule has 0 unspecified atom stereocenters. The Balaban J connectivity index is 1.57. The third-order valence-electron chi connectivity index (χ3n) is 4.63. The predicted molar refractivity (Wildman–Crippen MR) is 104 cm³/mol. The second kappa shape index (κ2) is 6.40. The van der Waals surface area contributed by atoms with E-state index in [0.29, 0.717) is 5.56 Å². The van der Waals surface area contributed by atoms with Gasteiger partial charge in [0, 0.05) is 5.56 Å². The first-order valence-corrected chi connectivity index (χ1v) is 8.49. The van der Waals surface area contributed by atoms with Crippen molar-refractivity contribution < 1.29 is 4.79 Å². The standard InChI is InChI=1S/C23H19NO/c1-16(19-12-10-17-6-2-4-8-20(17)14-19)24-23(25)22-13-11-18-7-3-5-9-21(18)15-22/h2-16H,1H3,(H,24,25)/t16-/m0/s1. The maximum Gasteiger partial charge on any atom is 0.251 e. The zero-order valence-corrected chi connectivity index (χ0v) is 14.1. The number of hydrogen-bond acceptors (Lipinski definition) is 1. The van der Waals surface area contributed by atoms with E-state index in [2.05, 4.69) is 41.7 Å². The van der Waals surface area contributed by atoms with Crippen LogP contribution in [-0.2, 0) is 0 Å². The summed E-state index contributed by atoms with van der Waals surface area (Å²) in [6.07, 6.45) is 0. The Morgan fingerprint density at radius 1 is 0.720 bits per heavy atom. The summed E-state index contributed by atoms with van der Waals surface area (Å²) < 4.78 is 0. The van der Waals surface area contributed by atoms with Crippen LogP contribution in [0.15, 0.2) is 84.9 Å². The molecule has 0 spiro atoms. The quantitative estimate of drug-likeness (QED) is 0.530. The number of carbonyl (C=O) groups excluding carboxylic acids is 1. The molecule has 4 aromatic carbocycles. The van der Waals surface area contributed by atoms with E-state index in [1.54, 1.807) is 0 Å². The molecular formula is C23H19NO. The van der Waals surface area contributed by atoms with Gasteiger partial charge in [0.2, 0.25) is 0 Å². The highest BCUT2D eigenvalue weighted by Crippen LogP contribution is 2.21.